The molecule has 58 heavy (non-hydrogen) atoms. The molecule has 10 heteroatoms. The third-order valence-corrected chi connectivity index (χ3v) is 11.4. The number of allylic oxidation sites excluding steroid dienone is 4. The van der Waals surface area contributed by atoms with Gasteiger partial charge < -0.3 is 27.9 Å². The Bertz CT molecular complexity index is 1040. The van der Waals surface area contributed by atoms with Crippen LogP contribution in [-0.2, 0) is 32.7 Å². The van der Waals surface area contributed by atoms with Gasteiger partial charge in [-0.25, -0.2) is 0 Å². The van der Waals surface area contributed by atoms with Crippen molar-refractivity contribution in [2.75, 3.05) is 47.5 Å². The minimum absolute atomic E-state index is 0.0318. The average molecular weight is 842 g/mol. The number of carbonyl (C=O) groups excluding carboxylic acids is 2. The molecule has 0 radical (unpaired) electrons. The number of hydrogen-bond acceptors (Lipinski definition) is 8. The van der Waals surface area contributed by atoms with E-state index in [0.717, 1.165) is 64.2 Å². The number of esters is 2. The van der Waals surface area contributed by atoms with Crippen LogP contribution in [-0.4, -0.2) is 70.0 Å². The molecule has 0 saturated carbocycles. The Morgan fingerprint density at radius 3 is 1.28 bits per heavy atom. The van der Waals surface area contributed by atoms with Crippen LogP contribution in [0.4, 0.5) is 0 Å². The highest BCUT2D eigenvalue weighted by molar-refractivity contribution is 7.45. The van der Waals surface area contributed by atoms with Crippen molar-refractivity contribution in [2.24, 2.45) is 0 Å². The quantitative estimate of drug-likeness (QED) is 0.0196. The molecule has 0 aliphatic rings. The van der Waals surface area contributed by atoms with Crippen LogP contribution in [0.15, 0.2) is 24.3 Å². The van der Waals surface area contributed by atoms with Crippen molar-refractivity contribution >= 4 is 19.8 Å². The van der Waals surface area contributed by atoms with E-state index < -0.39 is 26.5 Å². The molecule has 1 unspecified atom stereocenters. The van der Waals surface area contributed by atoms with Gasteiger partial charge in [-0.15, -0.1) is 0 Å². The average Bonchev–Trinajstić information content (AvgIpc) is 3.17. The second kappa shape index (κ2) is 40.9. The highest BCUT2D eigenvalue weighted by Crippen LogP contribution is 2.38. The molecule has 0 bridgehead atoms. The van der Waals surface area contributed by atoms with Crippen molar-refractivity contribution in [3.63, 3.8) is 0 Å². The highest BCUT2D eigenvalue weighted by Gasteiger charge is 2.21. The van der Waals surface area contributed by atoms with Crippen LogP contribution < -0.4 is 4.89 Å². The first kappa shape index (κ1) is 56.5. The van der Waals surface area contributed by atoms with Crippen molar-refractivity contribution < 1.29 is 42.1 Å². The summed E-state index contributed by atoms with van der Waals surface area (Å²) in [5, 5.41) is 0. The van der Waals surface area contributed by atoms with Gasteiger partial charge in [-0.1, -0.05) is 167 Å². The van der Waals surface area contributed by atoms with Gasteiger partial charge in [-0.2, -0.15) is 0 Å². The maximum atomic E-state index is 12.7. The van der Waals surface area contributed by atoms with Gasteiger partial charge in [0, 0.05) is 12.8 Å². The van der Waals surface area contributed by atoms with E-state index in [1.807, 2.05) is 21.1 Å². The summed E-state index contributed by atoms with van der Waals surface area (Å²) in [6.45, 7) is 4.23. The van der Waals surface area contributed by atoms with E-state index in [2.05, 4.69) is 38.2 Å². The normalized spacial score (nSPS) is 13.7. The number of likely N-dealkylation sites (N-methyl/N-ethyl adjacent to an activating group) is 1. The van der Waals surface area contributed by atoms with Crippen LogP contribution in [0.25, 0.3) is 0 Å². The maximum Gasteiger partial charge on any atom is 0.306 e. The highest BCUT2D eigenvalue weighted by atomic mass is 31.2. The van der Waals surface area contributed by atoms with Crippen molar-refractivity contribution in [3.05, 3.63) is 24.3 Å². The molecule has 9 nitrogen and oxygen atoms in total. The summed E-state index contributed by atoms with van der Waals surface area (Å²) in [7, 11) is 1.16. The summed E-state index contributed by atoms with van der Waals surface area (Å²) in [6.07, 6.45) is 44.9. The van der Waals surface area contributed by atoms with Crippen LogP contribution in [0, 0.1) is 0 Å². The molecule has 0 N–H and O–H groups in total. The minimum Gasteiger partial charge on any atom is -0.756 e. The lowest BCUT2D eigenvalue weighted by molar-refractivity contribution is -0.870. The molecule has 2 atom stereocenters. The van der Waals surface area contributed by atoms with Gasteiger partial charge in [0.25, 0.3) is 7.82 Å². The molecular weight excluding hydrogens is 750 g/mol. The second-order valence-electron chi connectivity index (χ2n) is 17.5. The maximum absolute atomic E-state index is 12.7. The summed E-state index contributed by atoms with van der Waals surface area (Å²) >= 11 is 0. The molecule has 342 valence electrons. The van der Waals surface area contributed by atoms with Gasteiger partial charge in [-0.3, -0.25) is 14.2 Å². The Morgan fingerprint density at radius 1 is 0.517 bits per heavy atom. The van der Waals surface area contributed by atoms with Crippen molar-refractivity contribution in [2.45, 2.75) is 225 Å². The molecule has 0 aliphatic heterocycles. The van der Waals surface area contributed by atoms with Gasteiger partial charge >= 0.3 is 11.9 Å². The fourth-order valence-corrected chi connectivity index (χ4v) is 7.37. The number of phosphoric acid groups is 1. The van der Waals surface area contributed by atoms with Gasteiger partial charge in [0.05, 0.1) is 27.7 Å². The number of hydrogen-bond donors (Lipinski definition) is 0. The summed E-state index contributed by atoms with van der Waals surface area (Å²) < 4.78 is 34.0. The van der Waals surface area contributed by atoms with E-state index in [9.17, 15) is 19.0 Å². The molecular formula is C48H92NO8P. The molecule has 0 aromatic rings. The number of nitrogens with zero attached hydrogens (tertiary/aromatic N) is 1. The Balaban J connectivity index is 4.29. The monoisotopic (exact) mass is 842 g/mol. The van der Waals surface area contributed by atoms with Crippen LogP contribution in [0.2, 0.25) is 0 Å². The molecule has 0 spiro atoms. The van der Waals surface area contributed by atoms with E-state index >= 15 is 0 Å². The third-order valence-electron chi connectivity index (χ3n) is 10.4. The Labute approximate surface area is 358 Å². The molecule has 0 aromatic heterocycles. The van der Waals surface area contributed by atoms with Crippen LogP contribution in [0.1, 0.15) is 219 Å². The molecule has 0 aliphatic carbocycles. The standard InChI is InChI=1S/C48H92NO8P/c1-6-8-10-12-14-16-18-20-22-23-24-25-27-28-30-32-34-36-38-40-47(50)54-44-46(45-56-58(52,53)55-43-42-49(3,4)5)57-48(51)41-39-37-35-33-31-29-26-21-19-17-15-13-11-9-7-2/h21,23-24,26,46H,6-20,22,25,27-45H2,1-5H3/b24-23-,26-21-/t46-/m1/s1. The summed E-state index contributed by atoms with van der Waals surface area (Å²) in [5.41, 5.74) is 0. The summed E-state index contributed by atoms with van der Waals surface area (Å²) in [6, 6.07) is 0. The number of quaternary nitrogens is 1. The fraction of sp³-hybridized carbons (Fsp3) is 0.875. The lowest BCUT2D eigenvalue weighted by Crippen LogP contribution is -2.37. The number of ether oxygens (including phenoxy) is 2. The zero-order chi connectivity index (χ0) is 42.8. The Kier molecular flexibility index (Phi) is 39.8. The lowest BCUT2D eigenvalue weighted by Gasteiger charge is -2.28. The molecule has 0 fully saturated rings. The number of unbranched alkanes of at least 4 members (excludes halogenated alkanes) is 26. The zero-order valence-corrected chi connectivity index (χ0v) is 39.4. The smallest absolute Gasteiger partial charge is 0.306 e. The first-order chi connectivity index (χ1) is 28.0. The minimum atomic E-state index is -4.63. The van der Waals surface area contributed by atoms with Crippen LogP contribution in [0.5, 0.6) is 0 Å². The van der Waals surface area contributed by atoms with E-state index in [4.69, 9.17) is 18.5 Å². The van der Waals surface area contributed by atoms with Crippen molar-refractivity contribution in [1.29, 1.82) is 0 Å². The molecule has 0 aromatic carbocycles. The summed E-state index contributed by atoms with van der Waals surface area (Å²) in [4.78, 5) is 37.6. The van der Waals surface area contributed by atoms with E-state index in [1.165, 1.54) is 122 Å². The predicted octanol–water partition coefficient (Wildman–Crippen LogP) is 13.3. The third kappa shape index (κ3) is 44.1. The van der Waals surface area contributed by atoms with Gasteiger partial charge in [0.2, 0.25) is 0 Å². The van der Waals surface area contributed by atoms with E-state index in [1.54, 1.807) is 0 Å². The molecule has 0 heterocycles. The van der Waals surface area contributed by atoms with E-state index in [0.29, 0.717) is 17.4 Å². The molecule has 0 amide bonds. The number of carbonyl (C=O) groups is 2. The van der Waals surface area contributed by atoms with Crippen molar-refractivity contribution in [3.8, 4) is 0 Å². The Morgan fingerprint density at radius 2 is 0.879 bits per heavy atom. The topological polar surface area (TPSA) is 111 Å². The van der Waals surface area contributed by atoms with Crippen molar-refractivity contribution in [1.82, 2.24) is 0 Å². The Hall–Kier alpha value is -1.51. The second-order valence-corrected chi connectivity index (χ2v) is 18.9. The van der Waals surface area contributed by atoms with Gasteiger partial charge in [-0.05, 0) is 64.2 Å². The SMILES string of the molecule is CCCCCCCC/C=C\CCCCCCCC(=O)O[C@H](COC(=O)CCCCCCCCC/C=C\CCCCCCCCCC)COP(=O)([O-])OCC[N+](C)(C)C. The summed E-state index contributed by atoms with van der Waals surface area (Å²) in [5.74, 6) is -0.842. The molecule has 0 saturated heterocycles. The first-order valence-electron chi connectivity index (χ1n) is 24.0. The first-order valence-corrected chi connectivity index (χ1v) is 25.5. The van der Waals surface area contributed by atoms with Crippen LogP contribution >= 0.6 is 7.82 Å². The van der Waals surface area contributed by atoms with Gasteiger partial charge in [0.15, 0.2) is 6.10 Å². The van der Waals surface area contributed by atoms with E-state index in [-0.39, 0.29) is 32.0 Å². The largest absolute Gasteiger partial charge is 0.756 e. The lowest BCUT2D eigenvalue weighted by atomic mass is 10.1. The predicted molar refractivity (Wildman–Crippen MR) is 241 cm³/mol. The van der Waals surface area contributed by atoms with Crippen LogP contribution in [0.3, 0.4) is 0 Å². The number of rotatable bonds is 44. The fourth-order valence-electron chi connectivity index (χ4n) is 6.64. The van der Waals surface area contributed by atoms with Gasteiger partial charge in [0.1, 0.15) is 19.8 Å². The number of phosphoric ester groups is 1. The molecule has 0 rings (SSSR count). The zero-order valence-electron chi connectivity index (χ0n) is 38.5.